The number of nitrogens with one attached hydrogen (secondary N) is 1. The van der Waals surface area contributed by atoms with Crippen LogP contribution in [0.5, 0.6) is 0 Å². The number of aromatic nitrogens is 1. The van der Waals surface area contributed by atoms with Crippen molar-refractivity contribution in [3.63, 3.8) is 0 Å². The molecule has 29 heavy (non-hydrogen) atoms. The van der Waals surface area contributed by atoms with Gasteiger partial charge in [0.25, 0.3) is 0 Å². The molecule has 2 atom stereocenters. The van der Waals surface area contributed by atoms with Crippen LogP contribution in [-0.2, 0) is 15.1 Å². The molecule has 2 rings (SSSR count). The Morgan fingerprint density at radius 3 is 2.62 bits per heavy atom. The average molecular weight is 399 g/mol. The molecule has 0 aliphatic rings. The number of ether oxygens (including phenoxy) is 1. The number of fused-ring (bicyclic) bond motifs is 1. The van der Waals surface area contributed by atoms with Crippen LogP contribution in [0.15, 0.2) is 47.1 Å². The van der Waals surface area contributed by atoms with Crippen molar-refractivity contribution in [1.29, 1.82) is 0 Å². The third-order valence-electron chi connectivity index (χ3n) is 5.14. The topological polar surface area (TPSA) is 111 Å². The summed E-state index contributed by atoms with van der Waals surface area (Å²) in [5.74, 6) is -0.713. The fourth-order valence-electron chi connectivity index (χ4n) is 3.34. The highest BCUT2D eigenvalue weighted by molar-refractivity contribution is 5.80. The first-order chi connectivity index (χ1) is 13.6. The molecule has 156 valence electrons. The molecule has 0 saturated heterocycles. The van der Waals surface area contributed by atoms with E-state index < -0.39 is 16.9 Å². The maximum atomic E-state index is 12.2. The number of para-hydroxylation sites is 1. The van der Waals surface area contributed by atoms with E-state index in [1.54, 1.807) is 27.7 Å². The second-order valence-corrected chi connectivity index (χ2v) is 8.40. The fourth-order valence-corrected chi connectivity index (χ4v) is 3.34. The average Bonchev–Trinajstić information content (AvgIpc) is 3.11. The smallest absolute Gasteiger partial charge is 0.311 e. The van der Waals surface area contributed by atoms with Gasteiger partial charge in [0.15, 0.2) is 0 Å². The number of azide groups is 1. The Bertz CT molecular complexity index is 898. The van der Waals surface area contributed by atoms with E-state index in [1.165, 1.54) is 0 Å². The Kier molecular flexibility index (Phi) is 7.11. The molecular weight excluding hydrogens is 368 g/mol. The zero-order valence-corrected chi connectivity index (χ0v) is 17.8. The van der Waals surface area contributed by atoms with Crippen LogP contribution in [-0.4, -0.2) is 29.2 Å². The third-order valence-corrected chi connectivity index (χ3v) is 5.14. The normalized spacial score (nSPS) is 15.4. The van der Waals surface area contributed by atoms with Crippen LogP contribution in [0.25, 0.3) is 21.3 Å². The molecule has 1 aromatic carbocycles. The monoisotopic (exact) mass is 398 g/mol. The van der Waals surface area contributed by atoms with Crippen LogP contribution in [0.4, 0.5) is 0 Å². The van der Waals surface area contributed by atoms with Gasteiger partial charge in [0, 0.05) is 28.6 Å². The van der Waals surface area contributed by atoms with Gasteiger partial charge in [0.2, 0.25) is 0 Å². The summed E-state index contributed by atoms with van der Waals surface area (Å²) < 4.78 is 5.50. The molecule has 0 aliphatic carbocycles. The van der Waals surface area contributed by atoms with Crippen LogP contribution in [0.1, 0.15) is 46.7 Å². The van der Waals surface area contributed by atoms with Gasteiger partial charge in [-0.05, 0) is 69.7 Å². The van der Waals surface area contributed by atoms with Gasteiger partial charge >= 0.3 is 5.97 Å². The minimum atomic E-state index is -1.28. The van der Waals surface area contributed by atoms with Crippen molar-refractivity contribution in [2.75, 3.05) is 13.2 Å². The van der Waals surface area contributed by atoms with E-state index in [1.807, 2.05) is 43.3 Å². The van der Waals surface area contributed by atoms with Crippen molar-refractivity contribution < 1.29 is 14.6 Å². The summed E-state index contributed by atoms with van der Waals surface area (Å²) in [6.45, 7) is 9.26. The van der Waals surface area contributed by atoms with Gasteiger partial charge in [-0.3, -0.25) is 4.79 Å². The quantitative estimate of drug-likeness (QED) is 0.209. The molecule has 1 unspecified atom stereocenters. The molecule has 0 bridgehead atoms. The van der Waals surface area contributed by atoms with Crippen molar-refractivity contribution in [2.24, 2.45) is 16.4 Å². The van der Waals surface area contributed by atoms with Crippen LogP contribution >= 0.6 is 0 Å². The highest BCUT2D eigenvalue weighted by Crippen LogP contribution is 2.38. The fraction of sp³-hybridized carbons (Fsp3) is 0.500. The van der Waals surface area contributed by atoms with Gasteiger partial charge in [-0.15, -0.1) is 0 Å². The van der Waals surface area contributed by atoms with E-state index in [9.17, 15) is 9.90 Å². The first kappa shape index (κ1) is 22.5. The zero-order chi connectivity index (χ0) is 21.7. The molecule has 0 saturated carbocycles. The van der Waals surface area contributed by atoms with Crippen molar-refractivity contribution in [1.82, 2.24) is 4.98 Å². The van der Waals surface area contributed by atoms with Crippen LogP contribution < -0.4 is 0 Å². The molecule has 0 fully saturated rings. The van der Waals surface area contributed by atoms with E-state index in [0.717, 1.165) is 16.5 Å². The molecular formula is C22H30N4O3. The number of H-pyrrole nitrogens is 1. The number of hydrogen-bond donors (Lipinski definition) is 2. The molecule has 1 heterocycles. The van der Waals surface area contributed by atoms with Crippen LogP contribution in [0.2, 0.25) is 0 Å². The summed E-state index contributed by atoms with van der Waals surface area (Å²) in [4.78, 5) is 18.3. The lowest BCUT2D eigenvalue weighted by atomic mass is 9.78. The minimum Gasteiger partial charge on any atom is -0.461 e. The second kappa shape index (κ2) is 9.16. The standard InChI is InChI=1S/C22H30N4O3/c1-6-15(14-29-20(27)21(2,3)4)17(11-12-24-26-23)22(5,28)19-13-16-9-7-8-10-18(16)25-19/h6-10,13,17,25,28H,11-12,14H2,1-5H3/b15-6+/t17?,22-/m1/s1. The Hall–Kier alpha value is -2.76. The summed E-state index contributed by atoms with van der Waals surface area (Å²) in [5, 5.41) is 16.2. The predicted molar refractivity (Wildman–Crippen MR) is 114 cm³/mol. The summed E-state index contributed by atoms with van der Waals surface area (Å²) in [7, 11) is 0. The number of aromatic amines is 1. The number of carbonyl (C=O) groups excluding carboxylic acids is 1. The number of aliphatic hydroxyl groups is 1. The third kappa shape index (κ3) is 5.40. The Labute approximate surface area is 171 Å². The highest BCUT2D eigenvalue weighted by Gasteiger charge is 2.37. The van der Waals surface area contributed by atoms with Crippen molar-refractivity contribution in [2.45, 2.75) is 46.6 Å². The van der Waals surface area contributed by atoms with Gasteiger partial charge in [0.1, 0.15) is 12.2 Å². The molecule has 0 amide bonds. The van der Waals surface area contributed by atoms with Crippen molar-refractivity contribution in [3.05, 3.63) is 58.1 Å². The molecule has 7 nitrogen and oxygen atoms in total. The lowest BCUT2D eigenvalue weighted by Gasteiger charge is -2.34. The lowest BCUT2D eigenvalue weighted by Crippen LogP contribution is -2.36. The Morgan fingerprint density at radius 2 is 2.03 bits per heavy atom. The molecule has 2 N–H and O–H groups in total. The summed E-state index contributed by atoms with van der Waals surface area (Å²) in [6.07, 6.45) is 2.27. The lowest BCUT2D eigenvalue weighted by molar-refractivity contribution is -0.152. The van der Waals surface area contributed by atoms with Crippen LogP contribution in [0.3, 0.4) is 0 Å². The SMILES string of the molecule is C/C=C(\COC(=O)C(C)(C)C)C(CCN=[N+]=[N-])[C@@](C)(O)c1cc2ccccc2[nH]1. The Balaban J connectivity index is 2.35. The maximum Gasteiger partial charge on any atom is 0.311 e. The van der Waals surface area contributed by atoms with E-state index in [0.29, 0.717) is 12.1 Å². The zero-order valence-electron chi connectivity index (χ0n) is 17.8. The minimum absolute atomic E-state index is 0.0733. The number of rotatable bonds is 8. The van der Waals surface area contributed by atoms with E-state index in [2.05, 4.69) is 15.0 Å². The highest BCUT2D eigenvalue weighted by atomic mass is 16.5. The van der Waals surface area contributed by atoms with Gasteiger partial charge in [-0.25, -0.2) is 0 Å². The Morgan fingerprint density at radius 1 is 1.34 bits per heavy atom. The second-order valence-electron chi connectivity index (χ2n) is 8.40. The molecule has 0 radical (unpaired) electrons. The molecule has 7 heteroatoms. The van der Waals surface area contributed by atoms with Gasteiger partial charge in [-0.1, -0.05) is 29.4 Å². The van der Waals surface area contributed by atoms with E-state index in [-0.39, 0.29) is 19.1 Å². The maximum absolute atomic E-state index is 12.2. The number of carbonyl (C=O) groups is 1. The van der Waals surface area contributed by atoms with Gasteiger partial charge in [-0.2, -0.15) is 0 Å². The molecule has 0 spiro atoms. The largest absolute Gasteiger partial charge is 0.461 e. The summed E-state index contributed by atoms with van der Waals surface area (Å²) in [5.41, 5.74) is 9.14. The predicted octanol–water partition coefficient (Wildman–Crippen LogP) is 5.23. The van der Waals surface area contributed by atoms with E-state index >= 15 is 0 Å². The van der Waals surface area contributed by atoms with Gasteiger partial charge in [0.05, 0.1) is 5.41 Å². The first-order valence-corrected chi connectivity index (χ1v) is 9.75. The van der Waals surface area contributed by atoms with E-state index in [4.69, 9.17) is 10.3 Å². The van der Waals surface area contributed by atoms with Crippen molar-refractivity contribution >= 4 is 16.9 Å². The number of allylic oxidation sites excluding steroid dienone is 1. The van der Waals surface area contributed by atoms with Gasteiger partial charge < -0.3 is 14.8 Å². The summed E-state index contributed by atoms with van der Waals surface area (Å²) >= 11 is 0. The molecule has 2 aromatic rings. The van der Waals surface area contributed by atoms with Crippen molar-refractivity contribution in [3.8, 4) is 0 Å². The molecule has 0 aliphatic heterocycles. The summed E-state index contributed by atoms with van der Waals surface area (Å²) in [6, 6.07) is 9.72. The number of nitrogens with zero attached hydrogens (tertiary/aromatic N) is 3. The number of hydrogen-bond acceptors (Lipinski definition) is 4. The number of benzene rings is 1. The first-order valence-electron chi connectivity index (χ1n) is 9.75. The number of esters is 1. The van der Waals surface area contributed by atoms with Crippen LogP contribution in [0, 0.1) is 11.3 Å². The molecule has 1 aromatic heterocycles.